The topological polar surface area (TPSA) is 29.3 Å². The number of hydrogen-bond acceptors (Lipinski definition) is 2. The van der Waals surface area contributed by atoms with Crippen molar-refractivity contribution in [3.8, 4) is 0 Å². The van der Waals surface area contributed by atoms with E-state index in [1.165, 1.54) is 11.3 Å². The number of fused-ring (bicyclic) bond motifs is 1. The summed E-state index contributed by atoms with van der Waals surface area (Å²) in [7, 11) is 0. The summed E-state index contributed by atoms with van der Waals surface area (Å²) < 4.78 is 0. The minimum atomic E-state index is 0.612. The Labute approximate surface area is 79.4 Å². The molecule has 2 nitrogen and oxygen atoms in total. The van der Waals surface area contributed by atoms with Gasteiger partial charge in [0.25, 0.3) is 0 Å². The van der Waals surface area contributed by atoms with E-state index in [4.69, 9.17) is 5.73 Å². The van der Waals surface area contributed by atoms with Crippen molar-refractivity contribution >= 4 is 5.69 Å². The molecule has 0 bridgehead atoms. The zero-order valence-electron chi connectivity index (χ0n) is 8.03. The summed E-state index contributed by atoms with van der Waals surface area (Å²) >= 11 is 0. The van der Waals surface area contributed by atoms with E-state index in [2.05, 4.69) is 36.1 Å². The third kappa shape index (κ3) is 1.42. The van der Waals surface area contributed by atoms with Crippen molar-refractivity contribution in [2.75, 3.05) is 18.0 Å². The van der Waals surface area contributed by atoms with Crippen molar-refractivity contribution in [2.45, 2.75) is 19.4 Å². The van der Waals surface area contributed by atoms with Crippen LogP contribution in [0.5, 0.6) is 0 Å². The molecule has 70 valence electrons. The van der Waals surface area contributed by atoms with Gasteiger partial charge in [0.05, 0.1) is 0 Å². The largest absolute Gasteiger partial charge is 0.367 e. The molecule has 2 rings (SSSR count). The lowest BCUT2D eigenvalue weighted by Crippen LogP contribution is -2.33. The first-order valence-electron chi connectivity index (χ1n) is 4.87. The molecule has 1 aromatic rings. The fraction of sp³-hybridized carbons (Fsp3) is 0.455. The van der Waals surface area contributed by atoms with Crippen LogP contribution in [0.4, 0.5) is 5.69 Å². The van der Waals surface area contributed by atoms with Gasteiger partial charge in [-0.1, -0.05) is 18.2 Å². The predicted molar refractivity (Wildman–Crippen MR) is 56.0 cm³/mol. The highest BCUT2D eigenvalue weighted by molar-refractivity contribution is 5.59. The predicted octanol–water partition coefficient (Wildman–Crippen LogP) is 1.40. The second kappa shape index (κ2) is 3.38. The Balaban J connectivity index is 2.29. The number of rotatable bonds is 2. The van der Waals surface area contributed by atoms with Crippen LogP contribution >= 0.6 is 0 Å². The van der Waals surface area contributed by atoms with Crippen LogP contribution in [0.1, 0.15) is 12.5 Å². The number of anilines is 1. The normalized spacial score (nSPS) is 20.5. The standard InChI is InChI=1S/C11H16N2/c1-9-8-10-4-2-3-5-11(10)13(9)7-6-12/h2-5,9H,6-8,12H2,1H3. The molecule has 2 heteroatoms. The smallest absolute Gasteiger partial charge is 0.0402 e. The Hall–Kier alpha value is -1.02. The minimum Gasteiger partial charge on any atom is -0.367 e. The first-order valence-corrected chi connectivity index (χ1v) is 4.87. The van der Waals surface area contributed by atoms with Gasteiger partial charge < -0.3 is 10.6 Å². The maximum Gasteiger partial charge on any atom is 0.0402 e. The summed E-state index contributed by atoms with van der Waals surface area (Å²) in [6, 6.07) is 9.22. The maximum atomic E-state index is 5.59. The zero-order chi connectivity index (χ0) is 9.26. The quantitative estimate of drug-likeness (QED) is 0.738. The van der Waals surface area contributed by atoms with Crippen LogP contribution in [0.2, 0.25) is 0 Å². The monoisotopic (exact) mass is 176 g/mol. The second-order valence-electron chi connectivity index (χ2n) is 3.66. The summed E-state index contributed by atoms with van der Waals surface area (Å²) in [5.41, 5.74) is 8.42. The van der Waals surface area contributed by atoms with E-state index >= 15 is 0 Å². The Morgan fingerprint density at radius 2 is 2.23 bits per heavy atom. The van der Waals surface area contributed by atoms with E-state index in [1.807, 2.05) is 0 Å². The molecule has 0 amide bonds. The van der Waals surface area contributed by atoms with E-state index in [1.54, 1.807) is 0 Å². The van der Waals surface area contributed by atoms with E-state index in [-0.39, 0.29) is 0 Å². The van der Waals surface area contributed by atoms with Crippen molar-refractivity contribution in [3.63, 3.8) is 0 Å². The van der Waals surface area contributed by atoms with Crippen LogP contribution in [-0.4, -0.2) is 19.1 Å². The Morgan fingerprint density at radius 3 is 3.00 bits per heavy atom. The molecule has 0 radical (unpaired) electrons. The summed E-state index contributed by atoms with van der Waals surface area (Å²) in [6.07, 6.45) is 1.16. The average Bonchev–Trinajstić information content (AvgIpc) is 2.44. The SMILES string of the molecule is CC1Cc2ccccc2N1CCN. The van der Waals surface area contributed by atoms with Gasteiger partial charge in [-0.2, -0.15) is 0 Å². The molecule has 0 saturated heterocycles. The van der Waals surface area contributed by atoms with Gasteiger partial charge >= 0.3 is 0 Å². The fourth-order valence-corrected chi connectivity index (χ4v) is 2.11. The van der Waals surface area contributed by atoms with Crippen LogP contribution in [0, 0.1) is 0 Å². The molecular formula is C11H16N2. The van der Waals surface area contributed by atoms with Crippen molar-refractivity contribution < 1.29 is 0 Å². The summed E-state index contributed by atoms with van der Waals surface area (Å²) in [4.78, 5) is 2.40. The summed E-state index contributed by atoms with van der Waals surface area (Å²) in [5.74, 6) is 0. The third-order valence-electron chi connectivity index (χ3n) is 2.72. The Morgan fingerprint density at radius 1 is 1.46 bits per heavy atom. The molecule has 0 aliphatic carbocycles. The van der Waals surface area contributed by atoms with Crippen molar-refractivity contribution in [1.29, 1.82) is 0 Å². The second-order valence-corrected chi connectivity index (χ2v) is 3.66. The first kappa shape index (κ1) is 8.57. The highest BCUT2D eigenvalue weighted by Crippen LogP contribution is 2.30. The molecule has 1 atom stereocenters. The van der Waals surface area contributed by atoms with Crippen LogP contribution in [0.3, 0.4) is 0 Å². The van der Waals surface area contributed by atoms with E-state index < -0.39 is 0 Å². The highest BCUT2D eigenvalue weighted by Gasteiger charge is 2.24. The summed E-state index contributed by atoms with van der Waals surface area (Å²) in [5, 5.41) is 0. The molecule has 1 aromatic carbocycles. The van der Waals surface area contributed by atoms with Crippen LogP contribution < -0.4 is 10.6 Å². The van der Waals surface area contributed by atoms with Gasteiger partial charge in [-0.15, -0.1) is 0 Å². The molecule has 1 heterocycles. The van der Waals surface area contributed by atoms with Gasteiger partial charge in [0.1, 0.15) is 0 Å². The van der Waals surface area contributed by atoms with Crippen LogP contribution in [-0.2, 0) is 6.42 Å². The van der Waals surface area contributed by atoms with Gasteiger partial charge in [0.15, 0.2) is 0 Å². The first-order chi connectivity index (χ1) is 6.33. The van der Waals surface area contributed by atoms with E-state index in [0.717, 1.165) is 19.5 Å². The molecule has 0 spiro atoms. The van der Waals surface area contributed by atoms with E-state index in [0.29, 0.717) is 6.04 Å². The molecule has 13 heavy (non-hydrogen) atoms. The van der Waals surface area contributed by atoms with Crippen LogP contribution in [0.15, 0.2) is 24.3 Å². The molecule has 1 aliphatic rings. The lowest BCUT2D eigenvalue weighted by molar-refractivity contribution is 0.674. The van der Waals surface area contributed by atoms with Gasteiger partial charge in [0.2, 0.25) is 0 Å². The number of nitrogens with zero attached hydrogens (tertiary/aromatic N) is 1. The zero-order valence-corrected chi connectivity index (χ0v) is 8.03. The fourth-order valence-electron chi connectivity index (χ4n) is 2.11. The molecule has 1 aliphatic heterocycles. The third-order valence-corrected chi connectivity index (χ3v) is 2.72. The Kier molecular flexibility index (Phi) is 2.23. The van der Waals surface area contributed by atoms with Gasteiger partial charge in [-0.25, -0.2) is 0 Å². The molecule has 1 unspecified atom stereocenters. The van der Waals surface area contributed by atoms with E-state index in [9.17, 15) is 0 Å². The number of benzene rings is 1. The number of nitrogens with two attached hydrogens (primary N) is 1. The summed E-state index contributed by atoms with van der Waals surface area (Å²) in [6.45, 7) is 3.96. The van der Waals surface area contributed by atoms with Crippen LogP contribution in [0.25, 0.3) is 0 Å². The van der Waals surface area contributed by atoms with Gasteiger partial charge in [-0.3, -0.25) is 0 Å². The molecule has 2 N–H and O–H groups in total. The maximum absolute atomic E-state index is 5.59. The van der Waals surface area contributed by atoms with Gasteiger partial charge in [-0.05, 0) is 25.0 Å². The minimum absolute atomic E-state index is 0.612. The molecule has 0 aromatic heterocycles. The lowest BCUT2D eigenvalue weighted by atomic mass is 10.1. The molecule has 0 fully saturated rings. The molecule has 0 saturated carbocycles. The Bertz CT molecular complexity index is 296. The number of para-hydroxylation sites is 1. The average molecular weight is 176 g/mol. The molecular weight excluding hydrogens is 160 g/mol. The lowest BCUT2D eigenvalue weighted by Gasteiger charge is -2.23. The highest BCUT2D eigenvalue weighted by atomic mass is 15.2. The van der Waals surface area contributed by atoms with Crippen molar-refractivity contribution in [1.82, 2.24) is 0 Å². The van der Waals surface area contributed by atoms with Crippen molar-refractivity contribution in [3.05, 3.63) is 29.8 Å². The number of hydrogen-bond donors (Lipinski definition) is 1. The van der Waals surface area contributed by atoms with Crippen molar-refractivity contribution in [2.24, 2.45) is 5.73 Å². The van der Waals surface area contributed by atoms with Gasteiger partial charge in [0, 0.05) is 24.8 Å².